The van der Waals surface area contributed by atoms with Gasteiger partial charge in [0.15, 0.2) is 0 Å². The van der Waals surface area contributed by atoms with Crippen LogP contribution in [0.5, 0.6) is 0 Å². The maximum atomic E-state index is 9.22. The van der Waals surface area contributed by atoms with E-state index in [0.717, 1.165) is 34.0 Å². The molecule has 0 aromatic rings. The molecule has 6 fully saturated rings. The van der Waals surface area contributed by atoms with Crippen molar-refractivity contribution in [2.24, 2.45) is 0 Å². The summed E-state index contributed by atoms with van der Waals surface area (Å²) >= 11 is -2.75. The fourth-order valence-electron chi connectivity index (χ4n) is 12.4. The molecule has 0 nitrogen and oxygen atoms in total. The average molecular weight is 740 g/mol. The Morgan fingerprint density at radius 3 is 0.561 bits per heavy atom. The minimum atomic E-state index is -2.75. The van der Waals surface area contributed by atoms with E-state index in [1.54, 1.807) is 77.0 Å². The van der Waals surface area contributed by atoms with Crippen molar-refractivity contribution < 1.29 is 12.5 Å². The van der Waals surface area contributed by atoms with Crippen LogP contribution in [0.4, 0.5) is 0 Å². The van der Waals surface area contributed by atoms with Crippen molar-refractivity contribution >= 4 is 30.0 Å². The van der Waals surface area contributed by atoms with Gasteiger partial charge in [0.2, 0.25) is 0 Å². The number of halogens is 2. The molecule has 0 spiro atoms. The first-order valence-electron chi connectivity index (χ1n) is 19.2. The van der Waals surface area contributed by atoms with Gasteiger partial charge in [-0.25, -0.2) is 0 Å². The molecule has 6 saturated carbocycles. The zero-order valence-electron chi connectivity index (χ0n) is 26.7. The molecule has 0 unspecified atom stereocenters. The Hall–Kier alpha value is 2.10. The third-order valence-corrected chi connectivity index (χ3v) is 72.0. The van der Waals surface area contributed by atoms with Crippen LogP contribution < -0.4 is 0 Å². The monoisotopic (exact) mass is 738 g/mol. The molecule has 0 amide bonds. The van der Waals surface area contributed by atoms with Crippen LogP contribution in [-0.2, 0) is 12.5 Å². The third-order valence-electron chi connectivity index (χ3n) is 13.9. The third kappa shape index (κ3) is 6.25. The molecule has 0 aromatic heterocycles. The molecule has 0 bridgehead atoms. The topological polar surface area (TPSA) is 0 Å². The Morgan fingerprint density at radius 1 is 0.268 bits per heavy atom. The van der Waals surface area contributed by atoms with Gasteiger partial charge >= 0.3 is 269 Å². The van der Waals surface area contributed by atoms with Gasteiger partial charge in [-0.05, 0) is 0 Å². The Balaban J connectivity index is 1.58. The van der Waals surface area contributed by atoms with Crippen LogP contribution in [0.3, 0.4) is 0 Å². The van der Waals surface area contributed by atoms with Gasteiger partial charge in [-0.15, -0.1) is 0 Å². The number of rotatable bonds is 8. The van der Waals surface area contributed by atoms with Crippen LogP contribution in [0.25, 0.3) is 0 Å². The van der Waals surface area contributed by atoms with Gasteiger partial charge < -0.3 is 0 Å². The summed E-state index contributed by atoms with van der Waals surface area (Å²) in [6, 6.07) is 0. The molecule has 5 heteroatoms. The Labute approximate surface area is 267 Å². The van der Waals surface area contributed by atoms with Crippen LogP contribution in [-0.4, -0.2) is 34.0 Å². The van der Waals surface area contributed by atoms with Crippen molar-refractivity contribution in [1.29, 1.82) is 0 Å². The maximum absolute atomic E-state index is 9.22. The summed E-state index contributed by atoms with van der Waals surface area (Å²) in [6.07, 6.45) is 45.5. The fourth-order valence-corrected chi connectivity index (χ4v) is 95.2. The quantitative estimate of drug-likeness (QED) is 0.172. The van der Waals surface area contributed by atoms with E-state index in [-0.39, 0.29) is 0 Å². The molecule has 0 aromatic carbocycles. The molecular weight excluding hydrogens is 672 g/mol. The summed E-state index contributed by atoms with van der Waals surface area (Å²) in [5.74, 6) is 0. The molecule has 6 aliphatic carbocycles. The van der Waals surface area contributed by atoms with E-state index in [2.05, 4.69) is 0 Å². The normalized spacial score (nSPS) is 30.3. The van der Waals surface area contributed by atoms with E-state index < -0.39 is 23.4 Å². The van der Waals surface area contributed by atoms with Crippen LogP contribution in [0.2, 0.25) is 0 Å². The van der Waals surface area contributed by atoms with E-state index in [4.69, 9.17) is 0 Å². The number of hydrogen-bond donors (Lipinski definition) is 0. The van der Waals surface area contributed by atoms with Crippen molar-refractivity contribution in [2.75, 3.05) is 0 Å². The Kier molecular flexibility index (Phi) is 12.4. The second-order valence-electron chi connectivity index (χ2n) is 15.9. The van der Waals surface area contributed by atoms with E-state index in [0.29, 0.717) is 0 Å². The summed E-state index contributed by atoms with van der Waals surface area (Å²) in [5.41, 5.74) is 2.05. The summed E-state index contributed by atoms with van der Waals surface area (Å²) < 4.78 is 0. The Morgan fingerprint density at radius 2 is 0.415 bits per heavy atom. The SMILES string of the molecule is [Cl][Pd-2]([Cl])([PH](C1CCCCC1)(C1CCCCC1)C1CCCCC1)[PH](C1CCCCC1)(C1CCCCC1)C1CCCCC1. The molecule has 0 heterocycles. The summed E-state index contributed by atoms with van der Waals surface area (Å²) in [7, 11) is 18.4. The van der Waals surface area contributed by atoms with Gasteiger partial charge in [0.25, 0.3) is 0 Å². The molecule has 0 radical (unpaired) electrons. The molecule has 6 aliphatic rings. The van der Waals surface area contributed by atoms with Gasteiger partial charge in [-0.2, -0.15) is 0 Å². The molecule has 0 aliphatic heterocycles. The van der Waals surface area contributed by atoms with Gasteiger partial charge in [-0.1, -0.05) is 0 Å². The predicted molar refractivity (Wildman–Crippen MR) is 190 cm³/mol. The summed E-state index contributed by atoms with van der Waals surface area (Å²) in [4.78, 5) is 0. The Bertz CT molecular complexity index is 628. The van der Waals surface area contributed by atoms with Gasteiger partial charge in [0, 0.05) is 0 Å². The van der Waals surface area contributed by atoms with E-state index >= 15 is 0 Å². The second kappa shape index (κ2) is 15.3. The fraction of sp³-hybridized carbons (Fsp3) is 1.00. The van der Waals surface area contributed by atoms with Crippen molar-refractivity contribution in [3.8, 4) is 0 Å². The standard InChI is InChI=1S/2C18H33P.2ClH.Pd/c2*1-4-10-16(11-5-1)19(17-12-6-2-7-13-17)18-14-8-3-9-15-18;;;/h2*16-18H,1-15H2;2*1H;/q;;;;-2. The summed E-state index contributed by atoms with van der Waals surface area (Å²) in [5, 5.41) is 0. The molecule has 41 heavy (non-hydrogen) atoms. The molecular formula is C36H68Cl2P2Pd-2. The van der Waals surface area contributed by atoms with Crippen molar-refractivity contribution in [3.05, 3.63) is 0 Å². The number of hydrogen-bond acceptors (Lipinski definition) is 0. The first-order valence-corrected chi connectivity index (χ1v) is 32.0. The summed E-state index contributed by atoms with van der Waals surface area (Å²) in [6.45, 7) is 0. The van der Waals surface area contributed by atoms with Crippen molar-refractivity contribution in [3.63, 3.8) is 0 Å². The van der Waals surface area contributed by atoms with Crippen molar-refractivity contribution in [2.45, 2.75) is 227 Å². The zero-order chi connectivity index (χ0) is 28.2. The second-order valence-corrected chi connectivity index (χ2v) is 51.0. The van der Waals surface area contributed by atoms with E-state index in [1.807, 2.05) is 0 Å². The molecule has 0 atom stereocenters. The molecule has 0 saturated heterocycles. The van der Waals surface area contributed by atoms with Crippen molar-refractivity contribution in [1.82, 2.24) is 0 Å². The van der Waals surface area contributed by atoms with Gasteiger partial charge in [0.1, 0.15) is 0 Å². The van der Waals surface area contributed by atoms with Crippen LogP contribution in [0, 0.1) is 0 Å². The van der Waals surface area contributed by atoms with Gasteiger partial charge in [0.05, 0.1) is 0 Å². The minimum absolute atomic E-state index is 0.997. The zero-order valence-corrected chi connectivity index (χ0v) is 31.8. The molecule has 0 N–H and O–H groups in total. The first-order chi connectivity index (χ1) is 20.1. The average Bonchev–Trinajstić information content (AvgIpc) is 3.05. The van der Waals surface area contributed by atoms with E-state index in [1.165, 1.54) is 116 Å². The van der Waals surface area contributed by atoms with Crippen LogP contribution in [0.1, 0.15) is 193 Å². The van der Waals surface area contributed by atoms with E-state index in [9.17, 15) is 19.1 Å². The van der Waals surface area contributed by atoms with Crippen LogP contribution in [0.15, 0.2) is 0 Å². The van der Waals surface area contributed by atoms with Gasteiger partial charge in [-0.3, -0.25) is 0 Å². The first kappa shape index (κ1) is 33.0. The predicted octanol–water partition coefficient (Wildman–Crippen LogP) is 13.8. The molecule has 248 valence electrons. The molecule has 6 rings (SSSR count). The van der Waals surface area contributed by atoms with Crippen LogP contribution >= 0.6 is 30.0 Å².